The van der Waals surface area contributed by atoms with Crippen LogP contribution in [-0.2, 0) is 0 Å². The topological polar surface area (TPSA) is 53.5 Å². The van der Waals surface area contributed by atoms with Gasteiger partial charge in [-0.05, 0) is 36.3 Å². The molecule has 0 radical (unpaired) electrons. The van der Waals surface area contributed by atoms with Crippen molar-refractivity contribution >= 4 is 17.4 Å². The number of aromatic nitrogens is 1. The highest BCUT2D eigenvalue weighted by atomic mass is 19.1. The number of halogens is 1. The van der Waals surface area contributed by atoms with Crippen molar-refractivity contribution in [2.45, 2.75) is 6.42 Å². The third-order valence-corrected chi connectivity index (χ3v) is 4.86. The van der Waals surface area contributed by atoms with Gasteiger partial charge in [-0.1, -0.05) is 24.3 Å². The van der Waals surface area contributed by atoms with Gasteiger partial charge in [0.1, 0.15) is 0 Å². The van der Waals surface area contributed by atoms with Crippen molar-refractivity contribution in [3.05, 3.63) is 71.3 Å². The van der Waals surface area contributed by atoms with Gasteiger partial charge in [0.05, 0.1) is 16.8 Å². The molecule has 0 N–H and O–H groups in total. The van der Waals surface area contributed by atoms with Crippen molar-refractivity contribution in [2.24, 2.45) is 0 Å². The normalized spacial score (nSPS) is 17.4. The number of carbonyl (C=O) groups is 2. The Morgan fingerprint density at radius 1 is 0.962 bits per heavy atom. The molecule has 0 fully saturated rings. The van der Waals surface area contributed by atoms with Crippen LogP contribution in [-0.4, -0.2) is 52.8 Å². The number of benzene rings is 1. The second-order valence-electron chi connectivity index (χ2n) is 6.43. The molecule has 0 spiro atoms. The summed E-state index contributed by atoms with van der Waals surface area (Å²) in [6, 6.07) is 11.7. The molecular formula is C20H18FN3O2. The average molecular weight is 351 g/mol. The zero-order chi connectivity index (χ0) is 18.1. The van der Waals surface area contributed by atoms with Crippen molar-refractivity contribution in [1.29, 1.82) is 0 Å². The maximum absolute atomic E-state index is 13.3. The van der Waals surface area contributed by atoms with Crippen LogP contribution >= 0.6 is 0 Å². The van der Waals surface area contributed by atoms with Gasteiger partial charge >= 0.3 is 0 Å². The Labute approximate surface area is 150 Å². The monoisotopic (exact) mass is 351 g/mol. The maximum atomic E-state index is 13.3. The van der Waals surface area contributed by atoms with Crippen LogP contribution in [0.25, 0.3) is 5.57 Å². The van der Waals surface area contributed by atoms with E-state index in [1.54, 1.807) is 30.3 Å². The van der Waals surface area contributed by atoms with E-state index in [2.05, 4.69) is 9.88 Å². The largest absolute Gasteiger partial charge is 0.298 e. The molecule has 0 bridgehead atoms. The Kier molecular flexibility index (Phi) is 4.34. The molecule has 132 valence electrons. The Morgan fingerprint density at radius 3 is 2.31 bits per heavy atom. The van der Waals surface area contributed by atoms with Crippen molar-refractivity contribution in [2.75, 3.05) is 26.2 Å². The summed E-state index contributed by atoms with van der Waals surface area (Å²) < 4.78 is 13.3. The van der Waals surface area contributed by atoms with Gasteiger partial charge in [0, 0.05) is 26.2 Å². The molecule has 2 aliphatic rings. The van der Waals surface area contributed by atoms with Crippen LogP contribution in [0.2, 0.25) is 0 Å². The Morgan fingerprint density at radius 2 is 1.69 bits per heavy atom. The van der Waals surface area contributed by atoms with E-state index in [0.29, 0.717) is 36.5 Å². The molecule has 0 saturated carbocycles. The second kappa shape index (κ2) is 6.80. The molecule has 0 atom stereocenters. The highest BCUT2D eigenvalue weighted by Crippen LogP contribution is 2.23. The van der Waals surface area contributed by atoms with Crippen molar-refractivity contribution in [3.8, 4) is 0 Å². The lowest BCUT2D eigenvalue weighted by molar-refractivity contribution is 0.0638. The molecule has 0 aliphatic carbocycles. The fourth-order valence-corrected chi connectivity index (χ4v) is 3.42. The quantitative estimate of drug-likeness (QED) is 0.628. The molecule has 6 heteroatoms. The first-order valence-electron chi connectivity index (χ1n) is 8.63. The summed E-state index contributed by atoms with van der Waals surface area (Å²) in [6.07, 6.45) is 2.80. The van der Waals surface area contributed by atoms with Gasteiger partial charge in [-0.3, -0.25) is 19.4 Å². The predicted molar refractivity (Wildman–Crippen MR) is 95.0 cm³/mol. The van der Waals surface area contributed by atoms with Crippen LogP contribution in [0.5, 0.6) is 0 Å². The van der Waals surface area contributed by atoms with Crippen molar-refractivity contribution in [3.63, 3.8) is 0 Å². The van der Waals surface area contributed by atoms with Crippen LogP contribution in [0.3, 0.4) is 0 Å². The number of carbonyl (C=O) groups excluding carboxylic acids is 2. The highest BCUT2D eigenvalue weighted by Gasteiger charge is 2.34. The van der Waals surface area contributed by atoms with E-state index < -0.39 is 5.95 Å². The van der Waals surface area contributed by atoms with E-state index in [1.165, 1.54) is 11.0 Å². The standard InChI is InChI=1S/C20H18FN3O2/c21-18-7-3-6-17(22-18)14-8-10-23(11-9-14)12-13-24-19(25)15-4-1-2-5-16(15)20(24)26/h1-8H,9-13H2. The minimum atomic E-state index is -0.476. The molecule has 2 amide bonds. The lowest BCUT2D eigenvalue weighted by Crippen LogP contribution is -2.39. The van der Waals surface area contributed by atoms with Gasteiger partial charge in [-0.15, -0.1) is 0 Å². The first kappa shape index (κ1) is 16.6. The third-order valence-electron chi connectivity index (χ3n) is 4.86. The molecule has 0 saturated heterocycles. The predicted octanol–water partition coefficient (Wildman–Crippen LogP) is 2.61. The molecule has 0 unspecified atom stereocenters. The zero-order valence-electron chi connectivity index (χ0n) is 14.2. The van der Waals surface area contributed by atoms with E-state index in [4.69, 9.17) is 0 Å². The fourth-order valence-electron chi connectivity index (χ4n) is 3.42. The Balaban J connectivity index is 1.37. The van der Waals surface area contributed by atoms with Crippen LogP contribution in [0.4, 0.5) is 4.39 Å². The summed E-state index contributed by atoms with van der Waals surface area (Å²) in [7, 11) is 0. The molecular weight excluding hydrogens is 333 g/mol. The molecule has 1 aromatic carbocycles. The smallest absolute Gasteiger partial charge is 0.261 e. The van der Waals surface area contributed by atoms with E-state index in [0.717, 1.165) is 18.5 Å². The van der Waals surface area contributed by atoms with Crippen LogP contribution in [0, 0.1) is 5.95 Å². The summed E-state index contributed by atoms with van der Waals surface area (Å²) in [6.45, 7) is 2.46. The van der Waals surface area contributed by atoms with E-state index >= 15 is 0 Å². The molecule has 26 heavy (non-hydrogen) atoms. The molecule has 1 aromatic heterocycles. The Hall–Kier alpha value is -2.86. The Bertz CT molecular complexity index is 874. The SMILES string of the molecule is O=C1c2ccccc2C(=O)N1CCN1CC=C(c2cccc(F)n2)CC1. The average Bonchev–Trinajstić information content (AvgIpc) is 2.91. The highest BCUT2D eigenvalue weighted by molar-refractivity contribution is 6.21. The van der Waals surface area contributed by atoms with Crippen molar-refractivity contribution < 1.29 is 14.0 Å². The van der Waals surface area contributed by atoms with Crippen molar-refractivity contribution in [1.82, 2.24) is 14.8 Å². The lowest BCUT2D eigenvalue weighted by Gasteiger charge is -2.27. The summed E-state index contributed by atoms with van der Waals surface area (Å²) in [4.78, 5) is 32.2. The number of fused-ring (bicyclic) bond motifs is 1. The van der Waals surface area contributed by atoms with Gasteiger partial charge < -0.3 is 0 Å². The number of nitrogens with zero attached hydrogens (tertiary/aromatic N) is 3. The number of pyridine rings is 1. The van der Waals surface area contributed by atoms with Crippen LogP contribution in [0.15, 0.2) is 48.5 Å². The van der Waals surface area contributed by atoms with Gasteiger partial charge in [0.2, 0.25) is 5.95 Å². The number of hydrogen-bond donors (Lipinski definition) is 0. The number of imide groups is 1. The minimum Gasteiger partial charge on any atom is -0.298 e. The molecule has 2 aromatic rings. The molecule has 4 rings (SSSR count). The molecule has 5 nitrogen and oxygen atoms in total. The second-order valence-corrected chi connectivity index (χ2v) is 6.43. The zero-order valence-corrected chi connectivity index (χ0v) is 14.2. The first-order chi connectivity index (χ1) is 12.6. The number of amides is 2. The summed E-state index contributed by atoms with van der Waals surface area (Å²) in [5.41, 5.74) is 2.66. The maximum Gasteiger partial charge on any atom is 0.261 e. The number of hydrogen-bond acceptors (Lipinski definition) is 4. The minimum absolute atomic E-state index is 0.220. The van der Waals surface area contributed by atoms with E-state index in [-0.39, 0.29) is 11.8 Å². The number of rotatable bonds is 4. The van der Waals surface area contributed by atoms with Gasteiger partial charge in [-0.25, -0.2) is 4.98 Å². The summed E-state index contributed by atoms with van der Waals surface area (Å²) >= 11 is 0. The summed E-state index contributed by atoms with van der Waals surface area (Å²) in [5.74, 6) is -0.915. The first-order valence-corrected chi connectivity index (χ1v) is 8.63. The fraction of sp³-hybridized carbons (Fsp3) is 0.250. The van der Waals surface area contributed by atoms with E-state index in [9.17, 15) is 14.0 Å². The lowest BCUT2D eigenvalue weighted by atomic mass is 10.0. The van der Waals surface area contributed by atoms with Gasteiger partial charge in [-0.2, -0.15) is 4.39 Å². The van der Waals surface area contributed by atoms with Gasteiger partial charge in [0.25, 0.3) is 11.8 Å². The van der Waals surface area contributed by atoms with Crippen LogP contribution < -0.4 is 0 Å². The molecule has 3 heterocycles. The van der Waals surface area contributed by atoms with Crippen LogP contribution in [0.1, 0.15) is 32.8 Å². The summed E-state index contributed by atoms with van der Waals surface area (Å²) in [5, 5.41) is 0. The van der Waals surface area contributed by atoms with Gasteiger partial charge in [0.15, 0.2) is 0 Å². The molecule has 2 aliphatic heterocycles. The third kappa shape index (κ3) is 3.04. The van der Waals surface area contributed by atoms with E-state index in [1.807, 2.05) is 12.1 Å².